The van der Waals surface area contributed by atoms with Gasteiger partial charge in [0.25, 0.3) is 0 Å². The Kier molecular flexibility index (Phi) is 3.60. The summed E-state index contributed by atoms with van der Waals surface area (Å²) in [5.74, 6) is -2.07. The smallest absolute Gasteiger partial charge is 0.423 e. The maximum Gasteiger partial charge on any atom is 0.494 e. The fraction of sp³-hybridized carbons (Fsp3) is 0. The molecule has 2 N–H and O–H groups in total. The lowest BCUT2D eigenvalue weighted by atomic mass is 9.78. The Labute approximate surface area is 108 Å². The quantitative estimate of drug-likeness (QED) is 0.796. The van der Waals surface area contributed by atoms with Gasteiger partial charge >= 0.3 is 7.12 Å². The van der Waals surface area contributed by atoms with Crippen LogP contribution in [0.15, 0.2) is 36.4 Å². The van der Waals surface area contributed by atoms with E-state index < -0.39 is 24.2 Å². The fourth-order valence-corrected chi connectivity index (χ4v) is 1.73. The number of nitriles is 1. The molecule has 0 unspecified atom stereocenters. The first kappa shape index (κ1) is 13.2. The number of hydrogen-bond donors (Lipinski definition) is 2. The molecule has 0 bridgehead atoms. The molecule has 94 valence electrons. The Bertz CT molecular complexity index is 628. The Hall–Kier alpha value is -2.23. The van der Waals surface area contributed by atoms with E-state index in [1.807, 2.05) is 6.07 Å². The summed E-state index contributed by atoms with van der Waals surface area (Å²) >= 11 is 0. The van der Waals surface area contributed by atoms with Gasteiger partial charge in [-0.15, -0.1) is 0 Å². The largest absolute Gasteiger partial charge is 0.494 e. The van der Waals surface area contributed by atoms with Gasteiger partial charge in [0.2, 0.25) is 0 Å². The highest BCUT2D eigenvalue weighted by atomic mass is 19.1. The van der Waals surface area contributed by atoms with Gasteiger partial charge in [0, 0.05) is 0 Å². The van der Waals surface area contributed by atoms with Crippen LogP contribution in [0.3, 0.4) is 0 Å². The molecule has 0 aliphatic carbocycles. The molecule has 0 saturated heterocycles. The molecular weight excluding hydrogens is 251 g/mol. The van der Waals surface area contributed by atoms with E-state index in [-0.39, 0.29) is 5.56 Å². The van der Waals surface area contributed by atoms with Crippen molar-refractivity contribution in [2.45, 2.75) is 0 Å². The van der Waals surface area contributed by atoms with Crippen molar-refractivity contribution >= 4 is 12.6 Å². The van der Waals surface area contributed by atoms with Crippen LogP contribution < -0.4 is 5.46 Å². The van der Waals surface area contributed by atoms with Crippen LogP contribution >= 0.6 is 0 Å². The van der Waals surface area contributed by atoms with E-state index in [1.54, 1.807) is 12.1 Å². The van der Waals surface area contributed by atoms with E-state index in [1.165, 1.54) is 12.1 Å². The molecule has 2 aromatic carbocycles. The highest BCUT2D eigenvalue weighted by Gasteiger charge is 2.22. The van der Waals surface area contributed by atoms with E-state index >= 15 is 0 Å². The summed E-state index contributed by atoms with van der Waals surface area (Å²) in [6, 6.07) is 10.1. The van der Waals surface area contributed by atoms with Crippen LogP contribution in [0.2, 0.25) is 0 Å². The number of benzene rings is 2. The zero-order valence-electron chi connectivity index (χ0n) is 9.64. The Balaban J connectivity index is 2.49. The third-order valence-corrected chi connectivity index (χ3v) is 2.68. The van der Waals surface area contributed by atoms with Crippen molar-refractivity contribution in [3.63, 3.8) is 0 Å². The van der Waals surface area contributed by atoms with Gasteiger partial charge in [-0.05, 0) is 35.4 Å². The van der Waals surface area contributed by atoms with Crippen LogP contribution in [-0.4, -0.2) is 17.2 Å². The molecule has 6 heteroatoms. The van der Waals surface area contributed by atoms with Crippen LogP contribution in [0.5, 0.6) is 0 Å². The van der Waals surface area contributed by atoms with Gasteiger partial charge in [-0.1, -0.05) is 12.1 Å². The molecule has 0 amide bonds. The molecule has 0 spiro atoms. The summed E-state index contributed by atoms with van der Waals surface area (Å²) < 4.78 is 27.2. The second-order valence-electron chi connectivity index (χ2n) is 3.92. The third-order valence-electron chi connectivity index (χ3n) is 2.68. The van der Waals surface area contributed by atoms with Gasteiger partial charge in [0.05, 0.1) is 17.1 Å². The first-order valence-corrected chi connectivity index (χ1v) is 5.38. The molecule has 0 aromatic heterocycles. The second kappa shape index (κ2) is 5.18. The van der Waals surface area contributed by atoms with Gasteiger partial charge in [-0.3, -0.25) is 0 Å². The molecule has 2 aromatic rings. The molecule has 0 atom stereocenters. The summed E-state index contributed by atoms with van der Waals surface area (Å²) in [5.41, 5.74) is 0.434. The van der Waals surface area contributed by atoms with Gasteiger partial charge in [0.1, 0.15) is 11.6 Å². The van der Waals surface area contributed by atoms with E-state index in [0.717, 1.165) is 12.1 Å². The number of rotatable bonds is 2. The average Bonchev–Trinajstić information content (AvgIpc) is 2.37. The first-order chi connectivity index (χ1) is 9.02. The molecule has 19 heavy (non-hydrogen) atoms. The van der Waals surface area contributed by atoms with Crippen molar-refractivity contribution in [2.75, 3.05) is 0 Å². The lowest BCUT2D eigenvalue weighted by molar-refractivity contribution is 0.419. The minimum absolute atomic E-state index is 0.254. The average molecular weight is 259 g/mol. The van der Waals surface area contributed by atoms with Crippen molar-refractivity contribution < 1.29 is 18.8 Å². The molecule has 0 aliphatic rings. The molecule has 0 saturated carbocycles. The Morgan fingerprint density at radius 1 is 0.947 bits per heavy atom. The maximum atomic E-state index is 13.6. The van der Waals surface area contributed by atoms with Gasteiger partial charge in [-0.2, -0.15) is 5.26 Å². The van der Waals surface area contributed by atoms with Crippen molar-refractivity contribution in [3.05, 3.63) is 53.6 Å². The minimum Gasteiger partial charge on any atom is -0.423 e. The summed E-state index contributed by atoms with van der Waals surface area (Å²) in [7, 11) is -2.20. The molecule has 0 radical (unpaired) electrons. The van der Waals surface area contributed by atoms with Crippen LogP contribution in [-0.2, 0) is 0 Å². The van der Waals surface area contributed by atoms with Crippen LogP contribution in [0.1, 0.15) is 5.56 Å². The standard InChI is InChI=1S/C13H8BF2NO2/c15-11-5-10(6-12(16)13(11)14(18)19)9-3-1-8(7-17)2-4-9/h1-6,18-19H. The van der Waals surface area contributed by atoms with Gasteiger partial charge < -0.3 is 10.0 Å². The molecule has 3 nitrogen and oxygen atoms in total. The number of hydrogen-bond acceptors (Lipinski definition) is 3. The lowest BCUT2D eigenvalue weighted by Gasteiger charge is -2.07. The monoisotopic (exact) mass is 259 g/mol. The van der Waals surface area contributed by atoms with Gasteiger partial charge in [0.15, 0.2) is 0 Å². The van der Waals surface area contributed by atoms with Gasteiger partial charge in [-0.25, -0.2) is 8.78 Å². The predicted molar refractivity (Wildman–Crippen MR) is 66.3 cm³/mol. The summed E-state index contributed by atoms with van der Waals surface area (Å²) in [5, 5.41) is 26.4. The summed E-state index contributed by atoms with van der Waals surface area (Å²) in [6.07, 6.45) is 0. The Morgan fingerprint density at radius 3 is 1.89 bits per heavy atom. The van der Waals surface area contributed by atoms with E-state index in [2.05, 4.69) is 0 Å². The number of halogens is 2. The second-order valence-corrected chi connectivity index (χ2v) is 3.92. The molecule has 0 aliphatic heterocycles. The zero-order valence-corrected chi connectivity index (χ0v) is 9.64. The summed E-state index contributed by atoms with van der Waals surface area (Å²) in [4.78, 5) is 0. The molecule has 2 rings (SSSR count). The maximum absolute atomic E-state index is 13.6. The lowest BCUT2D eigenvalue weighted by Crippen LogP contribution is -2.35. The van der Waals surface area contributed by atoms with Crippen molar-refractivity contribution in [1.82, 2.24) is 0 Å². The van der Waals surface area contributed by atoms with E-state index in [4.69, 9.17) is 15.3 Å². The highest BCUT2D eigenvalue weighted by Crippen LogP contribution is 2.21. The number of nitrogens with zero attached hydrogens (tertiary/aromatic N) is 1. The predicted octanol–water partition coefficient (Wildman–Crippen LogP) is 1.18. The van der Waals surface area contributed by atoms with Crippen molar-refractivity contribution in [1.29, 1.82) is 5.26 Å². The SMILES string of the molecule is N#Cc1ccc(-c2cc(F)c(B(O)O)c(F)c2)cc1. The fourth-order valence-electron chi connectivity index (χ4n) is 1.73. The van der Waals surface area contributed by atoms with E-state index in [0.29, 0.717) is 11.1 Å². The van der Waals surface area contributed by atoms with Crippen LogP contribution in [0.25, 0.3) is 11.1 Å². The molecule has 0 fully saturated rings. The van der Waals surface area contributed by atoms with Crippen molar-refractivity contribution in [3.8, 4) is 17.2 Å². The van der Waals surface area contributed by atoms with E-state index in [9.17, 15) is 8.78 Å². The molecular formula is C13H8BF2NO2. The topological polar surface area (TPSA) is 64.2 Å². The third kappa shape index (κ3) is 2.62. The zero-order chi connectivity index (χ0) is 14.0. The highest BCUT2D eigenvalue weighted by molar-refractivity contribution is 6.58. The summed E-state index contributed by atoms with van der Waals surface area (Å²) in [6.45, 7) is 0. The van der Waals surface area contributed by atoms with Crippen LogP contribution in [0.4, 0.5) is 8.78 Å². The minimum atomic E-state index is -2.20. The van der Waals surface area contributed by atoms with Crippen molar-refractivity contribution in [2.24, 2.45) is 0 Å². The normalized spacial score (nSPS) is 10.1. The first-order valence-electron chi connectivity index (χ1n) is 5.38. The van der Waals surface area contributed by atoms with Crippen LogP contribution in [0, 0.1) is 23.0 Å². The molecule has 0 heterocycles. The Morgan fingerprint density at radius 2 is 1.47 bits per heavy atom.